The van der Waals surface area contributed by atoms with Crippen LogP contribution in [-0.2, 0) is 22.4 Å². The zero-order valence-corrected chi connectivity index (χ0v) is 14.5. The number of benzene rings is 2. The molecule has 0 spiro atoms. The van der Waals surface area contributed by atoms with Crippen LogP contribution in [0.4, 0.5) is 5.69 Å². The number of fused-ring (bicyclic) bond motifs is 1. The van der Waals surface area contributed by atoms with Gasteiger partial charge in [0.05, 0.1) is 12.8 Å². The highest BCUT2D eigenvalue weighted by atomic mass is 16.5. The molecule has 0 bridgehead atoms. The van der Waals surface area contributed by atoms with Crippen molar-refractivity contribution < 1.29 is 14.3 Å². The van der Waals surface area contributed by atoms with E-state index in [-0.39, 0.29) is 6.04 Å². The molecular formula is C20H22N2O3. The van der Waals surface area contributed by atoms with Crippen LogP contribution in [0.25, 0.3) is 0 Å². The first-order chi connectivity index (χ1) is 12.1. The summed E-state index contributed by atoms with van der Waals surface area (Å²) in [5.41, 5.74) is 4.06. The zero-order chi connectivity index (χ0) is 17.8. The molecule has 5 nitrogen and oxygen atoms in total. The summed E-state index contributed by atoms with van der Waals surface area (Å²) in [5, 5.41) is 5.46. The highest BCUT2D eigenvalue weighted by Crippen LogP contribution is 2.25. The Balaban J connectivity index is 1.61. The average molecular weight is 338 g/mol. The van der Waals surface area contributed by atoms with Crippen LogP contribution < -0.4 is 15.4 Å². The number of methoxy groups -OCH3 is 1. The Morgan fingerprint density at radius 1 is 1.08 bits per heavy atom. The smallest absolute Gasteiger partial charge is 0.313 e. The van der Waals surface area contributed by atoms with Crippen LogP contribution in [0.15, 0.2) is 42.5 Å². The van der Waals surface area contributed by atoms with Gasteiger partial charge in [-0.2, -0.15) is 0 Å². The summed E-state index contributed by atoms with van der Waals surface area (Å²) in [6, 6.07) is 13.6. The van der Waals surface area contributed by atoms with E-state index in [2.05, 4.69) is 22.8 Å². The third-order valence-electron chi connectivity index (χ3n) is 4.49. The zero-order valence-electron chi connectivity index (χ0n) is 14.5. The minimum Gasteiger partial charge on any atom is -0.495 e. The fraction of sp³-hybridized carbons (Fsp3) is 0.300. The summed E-state index contributed by atoms with van der Waals surface area (Å²) >= 11 is 0. The highest BCUT2D eigenvalue weighted by Gasteiger charge is 2.23. The second-order valence-electron chi connectivity index (χ2n) is 6.34. The molecule has 1 atom stereocenters. The number of rotatable bonds is 3. The van der Waals surface area contributed by atoms with Crippen LogP contribution in [-0.4, -0.2) is 25.0 Å². The third kappa shape index (κ3) is 3.99. The molecule has 25 heavy (non-hydrogen) atoms. The van der Waals surface area contributed by atoms with Gasteiger partial charge in [-0.1, -0.05) is 30.3 Å². The molecule has 2 aromatic rings. The molecule has 5 heteroatoms. The lowest BCUT2D eigenvalue weighted by Gasteiger charge is -2.25. The van der Waals surface area contributed by atoms with E-state index in [1.807, 2.05) is 31.2 Å². The molecule has 0 fully saturated rings. The third-order valence-corrected chi connectivity index (χ3v) is 4.49. The minimum absolute atomic E-state index is 0.0203. The molecule has 2 aromatic carbocycles. The number of anilines is 1. The van der Waals surface area contributed by atoms with E-state index >= 15 is 0 Å². The predicted molar refractivity (Wildman–Crippen MR) is 96.8 cm³/mol. The van der Waals surface area contributed by atoms with Crippen molar-refractivity contribution >= 4 is 17.5 Å². The molecule has 0 saturated heterocycles. The maximum absolute atomic E-state index is 12.2. The van der Waals surface area contributed by atoms with E-state index in [4.69, 9.17) is 4.74 Å². The van der Waals surface area contributed by atoms with Crippen molar-refractivity contribution in [1.82, 2.24) is 5.32 Å². The maximum atomic E-state index is 12.2. The Bertz CT molecular complexity index is 801. The Hall–Kier alpha value is -2.82. The standard InChI is InChI=1S/C20H22N2O3/c1-13-7-10-17(18(11-13)25-2)22-20(24)19(23)21-16-9-8-14-5-3-4-6-15(14)12-16/h3-7,10-11,16H,8-9,12H2,1-2H3,(H,21,23)(H,22,24)/t16-/m0/s1. The molecule has 2 amide bonds. The van der Waals surface area contributed by atoms with Crippen molar-refractivity contribution in [2.45, 2.75) is 32.2 Å². The largest absolute Gasteiger partial charge is 0.495 e. The number of carbonyl (C=O) groups is 2. The summed E-state index contributed by atoms with van der Waals surface area (Å²) in [4.78, 5) is 24.4. The Kier molecular flexibility index (Phi) is 5.03. The normalized spacial score (nSPS) is 15.8. The van der Waals surface area contributed by atoms with E-state index in [9.17, 15) is 9.59 Å². The molecule has 0 heterocycles. The molecule has 2 N–H and O–H groups in total. The van der Waals surface area contributed by atoms with Crippen LogP contribution >= 0.6 is 0 Å². The van der Waals surface area contributed by atoms with Gasteiger partial charge in [0, 0.05) is 6.04 Å². The van der Waals surface area contributed by atoms with E-state index in [0.29, 0.717) is 11.4 Å². The van der Waals surface area contributed by atoms with Gasteiger partial charge in [0.15, 0.2) is 0 Å². The number of hydrogen-bond donors (Lipinski definition) is 2. The van der Waals surface area contributed by atoms with Crippen LogP contribution in [0, 0.1) is 6.92 Å². The molecule has 1 aliphatic carbocycles. The van der Waals surface area contributed by atoms with E-state index < -0.39 is 11.8 Å². The van der Waals surface area contributed by atoms with Crippen molar-refractivity contribution in [3.05, 3.63) is 59.2 Å². The van der Waals surface area contributed by atoms with E-state index in [1.54, 1.807) is 6.07 Å². The van der Waals surface area contributed by atoms with Crippen molar-refractivity contribution in [1.29, 1.82) is 0 Å². The first-order valence-corrected chi connectivity index (χ1v) is 8.40. The maximum Gasteiger partial charge on any atom is 0.313 e. The van der Waals surface area contributed by atoms with Gasteiger partial charge in [-0.3, -0.25) is 9.59 Å². The topological polar surface area (TPSA) is 67.4 Å². The summed E-state index contributed by atoms with van der Waals surface area (Å²) in [5.74, 6) is -0.763. The monoisotopic (exact) mass is 338 g/mol. The molecule has 0 aromatic heterocycles. The van der Waals surface area contributed by atoms with Crippen molar-refractivity contribution in [2.24, 2.45) is 0 Å². The number of aryl methyl sites for hydroxylation is 2. The van der Waals surface area contributed by atoms with E-state index in [0.717, 1.165) is 24.8 Å². The van der Waals surface area contributed by atoms with Crippen LogP contribution in [0.3, 0.4) is 0 Å². The first kappa shape index (κ1) is 17.0. The Morgan fingerprint density at radius 3 is 2.60 bits per heavy atom. The highest BCUT2D eigenvalue weighted by molar-refractivity contribution is 6.39. The second-order valence-corrected chi connectivity index (χ2v) is 6.34. The van der Waals surface area contributed by atoms with E-state index in [1.165, 1.54) is 18.2 Å². The Labute approximate surface area is 147 Å². The van der Waals surface area contributed by atoms with Gasteiger partial charge in [0.2, 0.25) is 0 Å². The fourth-order valence-corrected chi connectivity index (χ4v) is 3.15. The number of carbonyl (C=O) groups excluding carboxylic acids is 2. The molecule has 0 saturated carbocycles. The lowest BCUT2D eigenvalue weighted by molar-refractivity contribution is -0.136. The van der Waals surface area contributed by atoms with Gasteiger partial charge < -0.3 is 15.4 Å². The van der Waals surface area contributed by atoms with Gasteiger partial charge in [-0.25, -0.2) is 0 Å². The fourth-order valence-electron chi connectivity index (χ4n) is 3.15. The number of hydrogen-bond acceptors (Lipinski definition) is 3. The summed E-state index contributed by atoms with van der Waals surface area (Å²) in [6.07, 6.45) is 2.50. The van der Waals surface area contributed by atoms with Gasteiger partial charge in [0.25, 0.3) is 0 Å². The van der Waals surface area contributed by atoms with Crippen LogP contribution in [0.5, 0.6) is 5.75 Å². The lowest BCUT2D eigenvalue weighted by Crippen LogP contribution is -2.44. The van der Waals surface area contributed by atoms with Crippen molar-refractivity contribution in [3.63, 3.8) is 0 Å². The molecule has 0 radical (unpaired) electrons. The minimum atomic E-state index is -0.680. The summed E-state index contributed by atoms with van der Waals surface area (Å²) in [7, 11) is 1.53. The van der Waals surface area contributed by atoms with Gasteiger partial charge in [-0.15, -0.1) is 0 Å². The SMILES string of the molecule is COc1cc(C)ccc1NC(=O)C(=O)N[C@H]1CCc2ccccc2C1. The van der Waals surface area contributed by atoms with Crippen molar-refractivity contribution in [2.75, 3.05) is 12.4 Å². The molecule has 130 valence electrons. The molecular weight excluding hydrogens is 316 g/mol. The summed E-state index contributed by atoms with van der Waals surface area (Å²) in [6.45, 7) is 1.93. The van der Waals surface area contributed by atoms with Gasteiger partial charge in [0.1, 0.15) is 5.75 Å². The number of nitrogens with one attached hydrogen (secondary N) is 2. The van der Waals surface area contributed by atoms with Gasteiger partial charge in [-0.05, 0) is 55.0 Å². The average Bonchev–Trinajstić information content (AvgIpc) is 2.62. The van der Waals surface area contributed by atoms with Crippen LogP contribution in [0.2, 0.25) is 0 Å². The molecule has 0 unspecified atom stereocenters. The lowest BCUT2D eigenvalue weighted by atomic mass is 9.88. The van der Waals surface area contributed by atoms with Crippen molar-refractivity contribution in [3.8, 4) is 5.75 Å². The first-order valence-electron chi connectivity index (χ1n) is 8.40. The van der Waals surface area contributed by atoms with Gasteiger partial charge >= 0.3 is 11.8 Å². The molecule has 0 aliphatic heterocycles. The molecule has 3 rings (SSSR count). The molecule has 1 aliphatic rings. The summed E-state index contributed by atoms with van der Waals surface area (Å²) < 4.78 is 5.25. The Morgan fingerprint density at radius 2 is 1.84 bits per heavy atom. The quantitative estimate of drug-likeness (QED) is 0.846. The number of ether oxygens (including phenoxy) is 1. The number of amides is 2. The van der Waals surface area contributed by atoms with Crippen LogP contribution in [0.1, 0.15) is 23.1 Å². The second kappa shape index (κ2) is 7.38. The predicted octanol–water partition coefficient (Wildman–Crippen LogP) is 2.62.